The first-order valence-corrected chi connectivity index (χ1v) is 18.7. The number of fused-ring (bicyclic) bond motifs is 4. The smallest absolute Gasteiger partial charge is 0.228 e. The van der Waals surface area contributed by atoms with Gasteiger partial charge in [-0.2, -0.15) is 4.74 Å². The summed E-state index contributed by atoms with van der Waals surface area (Å²) in [4.78, 5) is 2.47. The summed E-state index contributed by atoms with van der Waals surface area (Å²) in [5.74, 6) is 0.959. The van der Waals surface area contributed by atoms with Gasteiger partial charge in [-0.3, -0.25) is 0 Å². The van der Waals surface area contributed by atoms with Gasteiger partial charge in [0.25, 0.3) is 0 Å². The fourth-order valence-corrected chi connectivity index (χ4v) is 9.26. The third kappa shape index (κ3) is 7.46. The Kier molecular flexibility index (Phi) is 10.2. The van der Waals surface area contributed by atoms with E-state index in [1.807, 2.05) is 67.5 Å². The van der Waals surface area contributed by atoms with E-state index in [-0.39, 0.29) is 16.6 Å². The van der Waals surface area contributed by atoms with E-state index in [4.69, 9.17) is 4.74 Å². The van der Waals surface area contributed by atoms with Crippen LogP contribution in [0.1, 0.15) is 97.5 Å². The summed E-state index contributed by atoms with van der Waals surface area (Å²) in [5, 5.41) is 15.1. The number of sulfone groups is 1. The van der Waals surface area contributed by atoms with Crippen molar-refractivity contribution in [1.29, 1.82) is 0 Å². The normalized spacial score (nSPS) is 16.7. The average molecular weight is 645 g/mol. The van der Waals surface area contributed by atoms with E-state index in [2.05, 4.69) is 33.8 Å². The van der Waals surface area contributed by atoms with Crippen molar-refractivity contribution < 1.29 is 17.9 Å². The van der Waals surface area contributed by atoms with Gasteiger partial charge in [-0.1, -0.05) is 89.1 Å². The van der Waals surface area contributed by atoms with Gasteiger partial charge in [-0.05, 0) is 62.8 Å². The van der Waals surface area contributed by atoms with Crippen molar-refractivity contribution >= 4 is 43.3 Å². The number of ether oxygens (including phenoxy) is 1. The van der Waals surface area contributed by atoms with Crippen molar-refractivity contribution in [2.24, 2.45) is 10.8 Å². The molecule has 0 N–H and O–H groups in total. The van der Waals surface area contributed by atoms with Crippen molar-refractivity contribution in [3.8, 4) is 5.75 Å². The zero-order valence-corrected chi connectivity index (χ0v) is 29.5. The van der Waals surface area contributed by atoms with Crippen molar-refractivity contribution in [2.45, 2.75) is 96.8 Å². The Morgan fingerprint density at radius 3 is 2.15 bits per heavy atom. The molecule has 1 aliphatic heterocycles. The van der Waals surface area contributed by atoms with Crippen LogP contribution in [0.15, 0.2) is 65.6 Å². The topological polar surface area (TPSA) is 72.7 Å². The molecule has 0 saturated carbocycles. The van der Waals surface area contributed by atoms with Crippen LogP contribution in [0.25, 0.3) is 16.3 Å². The van der Waals surface area contributed by atoms with E-state index in [0.717, 1.165) is 82.3 Å². The maximum Gasteiger partial charge on any atom is 0.228 e. The molecule has 1 aliphatic carbocycles. The fourth-order valence-electron chi connectivity index (χ4n) is 7.66. The molecule has 46 heavy (non-hydrogen) atoms. The summed E-state index contributed by atoms with van der Waals surface area (Å²) < 4.78 is 33.6. The lowest BCUT2D eigenvalue weighted by Gasteiger charge is -2.36. The molecule has 6 nitrogen and oxygen atoms in total. The molecule has 0 spiro atoms. The van der Waals surface area contributed by atoms with Crippen LogP contribution in [0.5, 0.6) is 5.75 Å². The molecular weight excluding hydrogens is 593 g/mol. The molecule has 5 rings (SSSR count). The first-order valence-electron chi connectivity index (χ1n) is 17.1. The summed E-state index contributed by atoms with van der Waals surface area (Å²) in [5.41, 5.74) is 4.59. The number of unbranched alkanes of at least 4 members (excludes halogenated alkanes) is 8. The Morgan fingerprint density at radius 1 is 0.826 bits per heavy atom. The Bertz CT molecular complexity index is 1730. The van der Waals surface area contributed by atoms with Crippen molar-refractivity contribution in [3.63, 3.8) is 0 Å². The number of nitrogens with zero attached hydrogens (tertiary/aromatic N) is 2. The number of benzene rings is 3. The zero-order chi connectivity index (χ0) is 33.1. The quantitative estimate of drug-likeness (QED) is 0.0936. The minimum absolute atomic E-state index is 0.0544. The Balaban J connectivity index is 0.975. The third-order valence-corrected chi connectivity index (χ3v) is 11.4. The van der Waals surface area contributed by atoms with Gasteiger partial charge in [0.1, 0.15) is 5.75 Å². The van der Waals surface area contributed by atoms with E-state index in [1.165, 1.54) is 19.3 Å². The highest BCUT2D eigenvalue weighted by molar-refractivity contribution is 7.91. The predicted octanol–water partition coefficient (Wildman–Crippen LogP) is 9.71. The summed E-state index contributed by atoms with van der Waals surface area (Å²) in [6, 6.07) is 17.4. The van der Waals surface area contributed by atoms with Crippen LogP contribution >= 0.6 is 0 Å². The van der Waals surface area contributed by atoms with Crippen molar-refractivity contribution in [2.75, 3.05) is 31.4 Å². The van der Waals surface area contributed by atoms with Crippen LogP contribution in [-0.2, 0) is 9.84 Å². The molecule has 0 atom stereocenters. The first kappa shape index (κ1) is 34.0. The largest absolute Gasteiger partial charge is 0.618 e. The second kappa shape index (κ2) is 13.8. The van der Waals surface area contributed by atoms with Gasteiger partial charge in [0.15, 0.2) is 9.84 Å². The van der Waals surface area contributed by atoms with Crippen LogP contribution in [0.3, 0.4) is 0 Å². The molecule has 0 saturated heterocycles. The number of rotatable bonds is 15. The molecule has 0 bridgehead atoms. The highest BCUT2D eigenvalue weighted by atomic mass is 32.2. The van der Waals surface area contributed by atoms with E-state index < -0.39 is 9.84 Å². The standard InChI is InChI=1S/C39H52N2O4S/c1-38(2)27-33-31-23-22-29(26-35(31)41(42)37(33)39(3,4)28-38)45-24-14-12-10-8-7-9-11-13-15-25-46(43,44)36-21-17-18-30-32(36)19-16-20-34(30)40(5)6/h16-23,26-27H,7-15,24-25,28H2,1-6H3. The molecule has 0 aromatic heterocycles. The Hall–Kier alpha value is -3.32. The van der Waals surface area contributed by atoms with Gasteiger partial charge in [0.2, 0.25) is 11.4 Å². The summed E-state index contributed by atoms with van der Waals surface area (Å²) in [7, 11) is 0.627. The molecule has 3 aromatic carbocycles. The Morgan fingerprint density at radius 2 is 1.46 bits per heavy atom. The van der Waals surface area contributed by atoms with Gasteiger partial charge >= 0.3 is 0 Å². The maximum atomic E-state index is 13.3. The van der Waals surface area contributed by atoms with Crippen molar-refractivity contribution in [3.05, 3.63) is 71.4 Å². The van der Waals surface area contributed by atoms with Gasteiger partial charge < -0.3 is 14.8 Å². The van der Waals surface area contributed by atoms with E-state index in [1.54, 1.807) is 6.07 Å². The van der Waals surface area contributed by atoms with Crippen LogP contribution in [0.2, 0.25) is 0 Å². The second-order valence-electron chi connectivity index (χ2n) is 14.8. The fraction of sp³-hybridized carbons (Fsp3) is 0.513. The molecule has 0 fully saturated rings. The second-order valence-corrected chi connectivity index (χ2v) is 16.9. The molecule has 7 heteroatoms. The van der Waals surface area contributed by atoms with Crippen LogP contribution < -0.4 is 9.64 Å². The molecule has 3 aromatic rings. The van der Waals surface area contributed by atoms with Gasteiger partial charge in [0.05, 0.1) is 39.9 Å². The molecular formula is C39H52N2O4S. The van der Waals surface area contributed by atoms with Gasteiger partial charge in [0, 0.05) is 30.6 Å². The van der Waals surface area contributed by atoms with Crippen molar-refractivity contribution in [1.82, 2.24) is 0 Å². The Labute approximate surface area is 276 Å². The lowest BCUT2D eigenvalue weighted by atomic mass is 9.65. The summed E-state index contributed by atoms with van der Waals surface area (Å²) >= 11 is 0. The molecule has 0 amide bonds. The first-order chi connectivity index (χ1) is 21.8. The predicted molar refractivity (Wildman–Crippen MR) is 192 cm³/mol. The third-order valence-electron chi connectivity index (χ3n) is 9.51. The lowest BCUT2D eigenvalue weighted by molar-refractivity contribution is -0.361. The molecule has 2 aliphatic rings. The van der Waals surface area contributed by atoms with Crippen LogP contribution in [0.4, 0.5) is 11.4 Å². The summed E-state index contributed by atoms with van der Waals surface area (Å²) in [6.45, 7) is 9.48. The SMILES string of the molecule is CN(C)c1cccc2c(S(=O)(=O)CCCCCCCCCCCOc3ccc4c(c3)[N+]([O-])=C3C4=CC(C)(C)CC3(C)C)cccc12. The van der Waals surface area contributed by atoms with E-state index in [9.17, 15) is 13.6 Å². The average Bonchev–Trinajstić information content (AvgIpc) is 3.26. The van der Waals surface area contributed by atoms with E-state index >= 15 is 0 Å². The minimum atomic E-state index is -3.33. The maximum absolute atomic E-state index is 13.3. The van der Waals surface area contributed by atoms with Gasteiger partial charge in [-0.25, -0.2) is 8.42 Å². The molecule has 0 unspecified atom stereocenters. The number of hydrogen-bond donors (Lipinski definition) is 0. The zero-order valence-electron chi connectivity index (χ0n) is 28.7. The molecule has 248 valence electrons. The highest BCUT2D eigenvalue weighted by Crippen LogP contribution is 2.51. The number of anilines is 1. The monoisotopic (exact) mass is 644 g/mol. The number of hydrogen-bond acceptors (Lipinski definition) is 5. The minimum Gasteiger partial charge on any atom is -0.618 e. The van der Waals surface area contributed by atoms with E-state index in [0.29, 0.717) is 23.6 Å². The van der Waals surface area contributed by atoms with Gasteiger partial charge in [-0.15, -0.1) is 0 Å². The van der Waals surface area contributed by atoms with Crippen LogP contribution in [0, 0.1) is 16.0 Å². The highest BCUT2D eigenvalue weighted by Gasteiger charge is 2.48. The lowest BCUT2D eigenvalue weighted by Crippen LogP contribution is -2.36. The molecule has 0 radical (unpaired) electrons. The molecule has 1 heterocycles. The van der Waals surface area contributed by atoms with Crippen LogP contribution in [-0.4, -0.2) is 45.3 Å². The number of allylic oxidation sites excluding steroid dienone is 2. The summed E-state index contributed by atoms with van der Waals surface area (Å²) in [6.07, 6.45) is 12.7.